The standard InChI is InChI=1S/C26H27ClN4OS2/c1-4-12-31-24(9-6-13-32-23-11-10-21(27)15-19(23)3)29-30-26(31)34-17-22-16-33-25(28-22)20-8-5-7-18(2)14-20/h4-5,7-8,10-11,14-16H,1,6,9,12-13,17H2,2-3H3. The van der Waals surface area contributed by atoms with E-state index in [2.05, 4.69) is 57.9 Å². The van der Waals surface area contributed by atoms with E-state index in [1.165, 1.54) is 5.56 Å². The molecule has 0 fully saturated rings. The first kappa shape index (κ1) is 24.5. The lowest BCUT2D eigenvalue weighted by Crippen LogP contribution is -2.07. The molecule has 176 valence electrons. The summed E-state index contributed by atoms with van der Waals surface area (Å²) in [6.45, 7) is 9.28. The Bertz CT molecular complexity index is 1270. The Morgan fingerprint density at radius 1 is 1.18 bits per heavy atom. The minimum absolute atomic E-state index is 0.604. The number of hydrogen-bond acceptors (Lipinski definition) is 6. The van der Waals surface area contributed by atoms with Gasteiger partial charge in [-0.15, -0.1) is 28.1 Å². The molecule has 4 aromatic rings. The molecular formula is C26H27ClN4OS2. The number of allylic oxidation sites excluding steroid dienone is 1. The Morgan fingerprint density at radius 3 is 2.85 bits per heavy atom. The summed E-state index contributed by atoms with van der Waals surface area (Å²) >= 11 is 9.35. The predicted molar refractivity (Wildman–Crippen MR) is 142 cm³/mol. The molecule has 2 heterocycles. The van der Waals surface area contributed by atoms with Gasteiger partial charge in [0.15, 0.2) is 5.16 Å². The molecule has 4 rings (SSSR count). The first-order valence-electron chi connectivity index (χ1n) is 11.1. The normalized spacial score (nSPS) is 11.0. The van der Waals surface area contributed by atoms with Crippen molar-refractivity contribution in [1.29, 1.82) is 0 Å². The zero-order valence-electron chi connectivity index (χ0n) is 19.3. The van der Waals surface area contributed by atoms with Crippen molar-refractivity contribution in [2.75, 3.05) is 6.61 Å². The number of halogens is 1. The maximum atomic E-state index is 6.02. The molecule has 0 unspecified atom stereocenters. The topological polar surface area (TPSA) is 52.8 Å². The fraction of sp³-hybridized carbons (Fsp3) is 0.269. The van der Waals surface area contributed by atoms with Gasteiger partial charge in [-0.25, -0.2) is 4.98 Å². The van der Waals surface area contributed by atoms with Crippen LogP contribution in [0.2, 0.25) is 5.02 Å². The van der Waals surface area contributed by atoms with Gasteiger partial charge in [-0.3, -0.25) is 0 Å². The van der Waals surface area contributed by atoms with Crippen molar-refractivity contribution in [1.82, 2.24) is 19.7 Å². The van der Waals surface area contributed by atoms with E-state index in [1.807, 2.05) is 31.2 Å². The van der Waals surface area contributed by atoms with E-state index in [0.717, 1.165) is 62.2 Å². The predicted octanol–water partition coefficient (Wildman–Crippen LogP) is 7.16. The summed E-state index contributed by atoms with van der Waals surface area (Å²) < 4.78 is 8.05. The van der Waals surface area contributed by atoms with E-state index in [0.29, 0.717) is 13.2 Å². The Labute approximate surface area is 213 Å². The number of benzene rings is 2. The van der Waals surface area contributed by atoms with Crippen molar-refractivity contribution >= 4 is 34.7 Å². The minimum atomic E-state index is 0.604. The molecule has 5 nitrogen and oxygen atoms in total. The zero-order chi connectivity index (χ0) is 23.9. The van der Waals surface area contributed by atoms with Gasteiger partial charge < -0.3 is 9.30 Å². The number of rotatable bonds is 11. The molecule has 0 aliphatic carbocycles. The van der Waals surface area contributed by atoms with E-state index in [1.54, 1.807) is 23.1 Å². The lowest BCUT2D eigenvalue weighted by atomic mass is 10.1. The van der Waals surface area contributed by atoms with Gasteiger partial charge in [0.1, 0.15) is 16.6 Å². The summed E-state index contributed by atoms with van der Waals surface area (Å²) in [5.74, 6) is 2.55. The Hall–Kier alpha value is -2.61. The van der Waals surface area contributed by atoms with Gasteiger partial charge in [-0.05, 0) is 50.1 Å². The van der Waals surface area contributed by atoms with Crippen LogP contribution in [0.4, 0.5) is 0 Å². The number of hydrogen-bond donors (Lipinski definition) is 0. The number of ether oxygens (including phenoxy) is 1. The number of aromatic nitrogens is 4. The zero-order valence-corrected chi connectivity index (χ0v) is 21.7. The number of thioether (sulfide) groups is 1. The van der Waals surface area contributed by atoms with Crippen LogP contribution < -0.4 is 4.74 Å². The third-order valence-corrected chi connectivity index (χ3v) is 7.39. The summed E-state index contributed by atoms with van der Waals surface area (Å²) in [6, 6.07) is 14.1. The Morgan fingerprint density at radius 2 is 2.06 bits per heavy atom. The van der Waals surface area contributed by atoms with Gasteiger partial charge in [0.25, 0.3) is 0 Å². The van der Waals surface area contributed by atoms with Crippen molar-refractivity contribution in [2.24, 2.45) is 0 Å². The average molecular weight is 511 g/mol. The van der Waals surface area contributed by atoms with Crippen molar-refractivity contribution in [3.05, 3.63) is 88.2 Å². The average Bonchev–Trinajstić information content (AvgIpc) is 3.44. The van der Waals surface area contributed by atoms with E-state index in [4.69, 9.17) is 21.3 Å². The molecule has 0 bridgehead atoms. The van der Waals surface area contributed by atoms with E-state index in [-0.39, 0.29) is 0 Å². The van der Waals surface area contributed by atoms with E-state index >= 15 is 0 Å². The molecular weight excluding hydrogens is 484 g/mol. The molecule has 0 aliphatic rings. The number of thiazole rings is 1. The molecule has 0 spiro atoms. The van der Waals surface area contributed by atoms with Gasteiger partial charge in [0.2, 0.25) is 0 Å². The summed E-state index contributed by atoms with van der Waals surface area (Å²) in [5, 5.41) is 13.6. The first-order chi connectivity index (χ1) is 16.5. The molecule has 34 heavy (non-hydrogen) atoms. The third-order valence-electron chi connectivity index (χ3n) is 5.21. The van der Waals surface area contributed by atoms with Crippen molar-refractivity contribution in [2.45, 2.75) is 44.1 Å². The molecule has 2 aromatic carbocycles. The second kappa shape index (κ2) is 11.7. The van der Waals surface area contributed by atoms with Crippen LogP contribution in [0.15, 0.2) is 65.7 Å². The van der Waals surface area contributed by atoms with Crippen LogP contribution in [0.1, 0.15) is 29.1 Å². The maximum absolute atomic E-state index is 6.02. The molecule has 0 aliphatic heterocycles. The number of nitrogens with zero attached hydrogens (tertiary/aromatic N) is 4. The van der Waals surface area contributed by atoms with Crippen LogP contribution in [0.5, 0.6) is 5.75 Å². The SMILES string of the molecule is C=CCn1c(CCCOc2ccc(Cl)cc2C)nnc1SCc1csc(-c2cccc(C)c2)n1. The lowest BCUT2D eigenvalue weighted by molar-refractivity contribution is 0.307. The van der Waals surface area contributed by atoms with Gasteiger partial charge in [-0.2, -0.15) is 0 Å². The minimum Gasteiger partial charge on any atom is -0.493 e. The van der Waals surface area contributed by atoms with Gasteiger partial charge >= 0.3 is 0 Å². The van der Waals surface area contributed by atoms with Crippen molar-refractivity contribution in [3.63, 3.8) is 0 Å². The summed E-state index contributed by atoms with van der Waals surface area (Å²) in [6.07, 6.45) is 3.50. The summed E-state index contributed by atoms with van der Waals surface area (Å²) in [7, 11) is 0. The van der Waals surface area contributed by atoms with Gasteiger partial charge in [-0.1, -0.05) is 53.2 Å². The van der Waals surface area contributed by atoms with Gasteiger partial charge in [0, 0.05) is 34.7 Å². The molecule has 0 amide bonds. The summed E-state index contributed by atoms with van der Waals surface area (Å²) in [5.41, 5.74) is 4.48. The fourth-order valence-electron chi connectivity index (χ4n) is 3.53. The highest BCUT2D eigenvalue weighted by atomic mass is 35.5. The van der Waals surface area contributed by atoms with E-state index < -0.39 is 0 Å². The monoisotopic (exact) mass is 510 g/mol. The van der Waals surface area contributed by atoms with Crippen molar-refractivity contribution < 1.29 is 4.74 Å². The molecule has 0 radical (unpaired) electrons. The Kier molecular flexibility index (Phi) is 8.43. The molecule has 8 heteroatoms. The van der Waals surface area contributed by atoms with Crippen LogP contribution in [0.25, 0.3) is 10.6 Å². The largest absolute Gasteiger partial charge is 0.493 e. The third kappa shape index (κ3) is 6.29. The maximum Gasteiger partial charge on any atom is 0.191 e. The first-order valence-corrected chi connectivity index (χ1v) is 13.3. The number of aryl methyl sites for hydroxylation is 3. The molecule has 0 saturated carbocycles. The smallest absolute Gasteiger partial charge is 0.191 e. The van der Waals surface area contributed by atoms with Crippen molar-refractivity contribution in [3.8, 4) is 16.3 Å². The van der Waals surface area contributed by atoms with Crippen LogP contribution >= 0.6 is 34.7 Å². The molecule has 0 atom stereocenters. The van der Waals surface area contributed by atoms with Crippen LogP contribution in [0, 0.1) is 13.8 Å². The Balaban J connectivity index is 1.34. The second-order valence-electron chi connectivity index (χ2n) is 7.96. The highest BCUT2D eigenvalue weighted by molar-refractivity contribution is 7.98. The molecule has 0 N–H and O–H groups in total. The fourth-order valence-corrected chi connectivity index (χ4v) is 5.54. The van der Waals surface area contributed by atoms with E-state index in [9.17, 15) is 0 Å². The highest BCUT2D eigenvalue weighted by Crippen LogP contribution is 2.28. The molecule has 0 saturated heterocycles. The second-order valence-corrected chi connectivity index (χ2v) is 10.2. The summed E-state index contributed by atoms with van der Waals surface area (Å²) in [4.78, 5) is 4.82. The quantitative estimate of drug-likeness (QED) is 0.122. The highest BCUT2D eigenvalue weighted by Gasteiger charge is 2.13. The van der Waals surface area contributed by atoms with Crippen LogP contribution in [0.3, 0.4) is 0 Å². The molecule has 2 aromatic heterocycles. The lowest BCUT2D eigenvalue weighted by Gasteiger charge is -2.10. The van der Waals surface area contributed by atoms with Crippen LogP contribution in [-0.4, -0.2) is 26.4 Å². The van der Waals surface area contributed by atoms with Gasteiger partial charge in [0.05, 0.1) is 12.3 Å². The van der Waals surface area contributed by atoms with Crippen LogP contribution in [-0.2, 0) is 18.7 Å².